The average molecular weight is 428 g/mol. The Morgan fingerprint density at radius 1 is 0.968 bits per heavy atom. The van der Waals surface area contributed by atoms with Gasteiger partial charge in [-0.05, 0) is 72.4 Å². The lowest BCUT2D eigenvalue weighted by Crippen LogP contribution is -2.30. The summed E-state index contributed by atoms with van der Waals surface area (Å²) in [5, 5.41) is 13.9. The normalized spacial score (nSPS) is 18.2. The molecule has 0 amide bonds. The minimum atomic E-state index is -0.101. The average Bonchev–Trinajstić information content (AvgIpc) is 3.40. The Labute approximate surface area is 185 Å². The molecule has 0 spiro atoms. The standard InChI is InChI=1S/C24H21N5OS/c30-19-10-8-18(9-11-19)28-14-4-7-21(28)23-22(20-6-1-2-13-26-20)27-24(31)29(23)16-17-5-3-12-25-15-17/h1-15,22-23,30H,16H2,(H,27,31)/t22-,23-/m0/s1. The molecule has 0 bridgehead atoms. The Balaban J connectivity index is 1.60. The first kappa shape index (κ1) is 19.3. The molecular weight excluding hydrogens is 406 g/mol. The zero-order valence-corrected chi connectivity index (χ0v) is 17.5. The van der Waals surface area contributed by atoms with E-state index in [4.69, 9.17) is 12.2 Å². The Morgan fingerprint density at radius 2 is 1.84 bits per heavy atom. The van der Waals surface area contributed by atoms with Crippen LogP contribution in [0.25, 0.3) is 5.69 Å². The molecule has 0 aliphatic carbocycles. The lowest BCUT2D eigenvalue weighted by molar-refractivity contribution is 0.302. The number of aromatic hydroxyl groups is 1. The third kappa shape index (κ3) is 3.75. The second-order valence-electron chi connectivity index (χ2n) is 7.44. The van der Waals surface area contributed by atoms with Gasteiger partial charge in [-0.1, -0.05) is 12.1 Å². The number of thiocarbonyl (C=S) groups is 1. The van der Waals surface area contributed by atoms with E-state index in [0.29, 0.717) is 11.7 Å². The van der Waals surface area contributed by atoms with Crippen LogP contribution in [0.3, 0.4) is 0 Å². The number of hydrogen-bond acceptors (Lipinski definition) is 4. The SMILES string of the molecule is Oc1ccc(-n2cccc2[C@H]2[C@H](c3ccccn3)NC(=S)N2Cc2cccnc2)cc1. The maximum absolute atomic E-state index is 9.71. The fourth-order valence-electron chi connectivity index (χ4n) is 4.07. The topological polar surface area (TPSA) is 66.2 Å². The fraction of sp³-hybridized carbons (Fsp3) is 0.125. The first-order chi connectivity index (χ1) is 15.2. The van der Waals surface area contributed by atoms with Crippen molar-refractivity contribution in [2.75, 3.05) is 0 Å². The van der Waals surface area contributed by atoms with Gasteiger partial charge >= 0.3 is 0 Å². The summed E-state index contributed by atoms with van der Waals surface area (Å²) in [5.74, 6) is 0.241. The van der Waals surface area contributed by atoms with Gasteiger partial charge in [0.1, 0.15) is 5.75 Å². The van der Waals surface area contributed by atoms with Crippen LogP contribution in [0.4, 0.5) is 0 Å². The van der Waals surface area contributed by atoms with Crippen LogP contribution in [-0.4, -0.2) is 29.7 Å². The van der Waals surface area contributed by atoms with Gasteiger partial charge in [0.15, 0.2) is 5.11 Å². The fourth-order valence-corrected chi connectivity index (χ4v) is 4.37. The van der Waals surface area contributed by atoms with Gasteiger partial charge in [-0.25, -0.2) is 0 Å². The van der Waals surface area contributed by atoms with Crippen molar-refractivity contribution in [2.24, 2.45) is 0 Å². The number of aromatic nitrogens is 3. The molecule has 1 fully saturated rings. The molecule has 6 nitrogen and oxygen atoms in total. The quantitative estimate of drug-likeness (QED) is 0.467. The second-order valence-corrected chi connectivity index (χ2v) is 7.82. The number of pyridine rings is 2. The van der Waals surface area contributed by atoms with Crippen molar-refractivity contribution in [3.8, 4) is 11.4 Å². The van der Waals surface area contributed by atoms with Gasteiger partial charge in [0.2, 0.25) is 0 Å². The molecule has 0 saturated carbocycles. The van der Waals surface area contributed by atoms with Crippen LogP contribution in [-0.2, 0) is 6.54 Å². The molecular formula is C24H21N5OS. The minimum absolute atomic E-state index is 0.0774. The van der Waals surface area contributed by atoms with Crippen molar-refractivity contribution in [1.82, 2.24) is 24.8 Å². The van der Waals surface area contributed by atoms with Gasteiger partial charge in [-0.2, -0.15) is 0 Å². The molecule has 4 heterocycles. The molecule has 0 unspecified atom stereocenters. The predicted molar refractivity (Wildman–Crippen MR) is 123 cm³/mol. The summed E-state index contributed by atoms with van der Waals surface area (Å²) >= 11 is 5.77. The molecule has 2 N–H and O–H groups in total. The highest BCUT2D eigenvalue weighted by Gasteiger charge is 2.41. The van der Waals surface area contributed by atoms with Crippen LogP contribution < -0.4 is 5.32 Å². The molecule has 0 radical (unpaired) electrons. The first-order valence-corrected chi connectivity index (χ1v) is 10.4. The summed E-state index contributed by atoms with van der Waals surface area (Å²) in [4.78, 5) is 11.1. The maximum atomic E-state index is 9.71. The van der Waals surface area contributed by atoms with E-state index in [2.05, 4.69) is 36.9 Å². The lowest BCUT2D eigenvalue weighted by atomic mass is 10.0. The van der Waals surface area contributed by atoms with E-state index in [-0.39, 0.29) is 17.8 Å². The van der Waals surface area contributed by atoms with E-state index in [1.165, 1.54) is 0 Å². The summed E-state index contributed by atoms with van der Waals surface area (Å²) in [7, 11) is 0. The molecule has 1 aromatic carbocycles. The number of phenols is 1. The number of rotatable bonds is 5. The van der Waals surface area contributed by atoms with Crippen molar-refractivity contribution in [2.45, 2.75) is 18.6 Å². The Hall–Kier alpha value is -3.71. The van der Waals surface area contributed by atoms with Gasteiger partial charge in [0.25, 0.3) is 0 Å². The van der Waals surface area contributed by atoms with Crippen molar-refractivity contribution >= 4 is 17.3 Å². The number of nitrogens with zero attached hydrogens (tertiary/aromatic N) is 4. The molecule has 7 heteroatoms. The summed E-state index contributed by atoms with van der Waals surface area (Å²) in [6, 6.07) is 21.1. The van der Waals surface area contributed by atoms with Crippen molar-refractivity contribution in [3.05, 3.63) is 108 Å². The van der Waals surface area contributed by atoms with E-state index >= 15 is 0 Å². The number of hydrogen-bond donors (Lipinski definition) is 2. The highest BCUT2D eigenvalue weighted by atomic mass is 32.1. The van der Waals surface area contributed by atoms with E-state index in [9.17, 15) is 5.11 Å². The van der Waals surface area contributed by atoms with E-state index in [1.54, 1.807) is 24.5 Å². The van der Waals surface area contributed by atoms with E-state index < -0.39 is 0 Å². The van der Waals surface area contributed by atoms with Crippen LogP contribution in [0.5, 0.6) is 5.75 Å². The largest absolute Gasteiger partial charge is 0.508 e. The first-order valence-electron chi connectivity index (χ1n) is 10.0. The highest BCUT2D eigenvalue weighted by Crippen LogP contribution is 2.40. The van der Waals surface area contributed by atoms with E-state index in [0.717, 1.165) is 22.6 Å². The number of phenolic OH excluding ortho intramolecular Hbond substituents is 1. The van der Waals surface area contributed by atoms with Crippen molar-refractivity contribution < 1.29 is 5.11 Å². The maximum Gasteiger partial charge on any atom is 0.170 e. The monoisotopic (exact) mass is 427 g/mol. The summed E-state index contributed by atoms with van der Waals surface area (Å²) in [5.41, 5.74) is 4.07. The van der Waals surface area contributed by atoms with Gasteiger partial charge in [0, 0.05) is 42.7 Å². The third-order valence-electron chi connectivity index (χ3n) is 5.48. The summed E-state index contributed by atoms with van der Waals surface area (Å²) in [6.45, 7) is 0.633. The Morgan fingerprint density at radius 3 is 2.58 bits per heavy atom. The zero-order chi connectivity index (χ0) is 21.2. The number of benzene rings is 1. The van der Waals surface area contributed by atoms with Gasteiger partial charge in [0.05, 0.1) is 17.8 Å². The molecule has 2 atom stereocenters. The third-order valence-corrected chi connectivity index (χ3v) is 5.84. The molecule has 1 aliphatic rings. The van der Waals surface area contributed by atoms with Crippen LogP contribution in [0, 0.1) is 0 Å². The highest BCUT2D eigenvalue weighted by molar-refractivity contribution is 7.80. The van der Waals surface area contributed by atoms with Gasteiger partial charge in [-0.3, -0.25) is 9.97 Å². The van der Waals surface area contributed by atoms with Crippen molar-refractivity contribution in [3.63, 3.8) is 0 Å². The molecule has 31 heavy (non-hydrogen) atoms. The molecule has 1 aliphatic heterocycles. The summed E-state index contributed by atoms with van der Waals surface area (Å²) in [6.07, 6.45) is 7.47. The molecule has 1 saturated heterocycles. The lowest BCUT2D eigenvalue weighted by Gasteiger charge is -2.29. The van der Waals surface area contributed by atoms with Gasteiger partial charge < -0.3 is 19.9 Å². The molecule has 4 aromatic rings. The molecule has 154 valence electrons. The molecule has 3 aromatic heterocycles. The predicted octanol–water partition coefficient (Wildman–Crippen LogP) is 4.15. The van der Waals surface area contributed by atoms with Gasteiger partial charge in [-0.15, -0.1) is 0 Å². The Bertz CT molecular complexity index is 1180. The smallest absolute Gasteiger partial charge is 0.170 e. The van der Waals surface area contributed by atoms with Crippen LogP contribution in [0.1, 0.15) is 29.0 Å². The Kier molecular flexibility index (Phi) is 5.09. The number of nitrogens with one attached hydrogen (secondary N) is 1. The van der Waals surface area contributed by atoms with Crippen molar-refractivity contribution in [1.29, 1.82) is 0 Å². The summed E-state index contributed by atoms with van der Waals surface area (Å²) < 4.78 is 2.13. The minimum Gasteiger partial charge on any atom is -0.508 e. The van der Waals surface area contributed by atoms with E-state index in [1.807, 2.05) is 54.9 Å². The van der Waals surface area contributed by atoms with Crippen LogP contribution in [0.2, 0.25) is 0 Å². The van der Waals surface area contributed by atoms with Crippen LogP contribution >= 0.6 is 12.2 Å². The molecule has 5 rings (SSSR count). The zero-order valence-electron chi connectivity index (χ0n) is 16.7. The van der Waals surface area contributed by atoms with Crippen LogP contribution in [0.15, 0.2) is 91.5 Å². The second kappa shape index (κ2) is 8.20.